The van der Waals surface area contributed by atoms with Crippen LogP contribution in [0.3, 0.4) is 0 Å². The zero-order valence-electron chi connectivity index (χ0n) is 9.52. The maximum Gasteiger partial charge on any atom is 0.415 e. The number of amides is 2. The van der Waals surface area contributed by atoms with Crippen LogP contribution in [0.4, 0.5) is 9.59 Å². The minimum atomic E-state index is -1.21. The Balaban J connectivity index is 2.17. The van der Waals surface area contributed by atoms with E-state index < -0.39 is 12.2 Å². The quantitative estimate of drug-likeness (QED) is 0.694. The summed E-state index contributed by atoms with van der Waals surface area (Å²) in [5, 5.41) is 26.1. The van der Waals surface area contributed by atoms with Crippen LogP contribution >= 0.6 is 0 Å². The maximum absolute atomic E-state index is 11.2. The monoisotopic (exact) mass is 260 g/mol. The number of nitrogens with zero attached hydrogens (tertiary/aromatic N) is 4. The van der Waals surface area contributed by atoms with Gasteiger partial charge in [0, 0.05) is 18.9 Å². The Hall–Kier alpha value is -2.90. The summed E-state index contributed by atoms with van der Waals surface area (Å²) in [4.78, 5) is 24.2. The Morgan fingerprint density at radius 2 is 2.00 bits per heavy atom. The molecule has 2 N–H and O–H groups in total. The zero-order chi connectivity index (χ0) is 13.6. The molecule has 0 aromatic rings. The lowest BCUT2D eigenvalue weighted by Gasteiger charge is -2.26. The molecule has 2 amide bonds. The molecule has 19 heavy (non-hydrogen) atoms. The van der Waals surface area contributed by atoms with Crippen LogP contribution in [0.1, 0.15) is 0 Å². The summed E-state index contributed by atoms with van der Waals surface area (Å²) in [5.74, 6) is 0. The molecular weight excluding hydrogens is 252 g/mol. The molecule has 0 bridgehead atoms. The van der Waals surface area contributed by atoms with Crippen LogP contribution in [0, 0.1) is 0 Å². The summed E-state index contributed by atoms with van der Waals surface area (Å²) in [6, 6.07) is 0. The lowest BCUT2D eigenvalue weighted by atomic mass is 10.0. The van der Waals surface area contributed by atoms with E-state index in [4.69, 9.17) is 5.11 Å². The zero-order valence-corrected chi connectivity index (χ0v) is 9.52. The normalized spacial score (nSPS) is 20.0. The van der Waals surface area contributed by atoms with Gasteiger partial charge in [0.2, 0.25) is 0 Å². The van der Waals surface area contributed by atoms with Crippen LogP contribution in [-0.4, -0.2) is 38.7 Å². The van der Waals surface area contributed by atoms with Gasteiger partial charge in [-0.25, -0.2) is 9.59 Å². The Bertz CT molecular complexity index is 641. The Morgan fingerprint density at radius 3 is 2.68 bits per heavy atom. The average Bonchev–Trinajstić information content (AvgIpc) is 2.66. The third-order valence-corrected chi connectivity index (χ3v) is 2.90. The van der Waals surface area contributed by atoms with Gasteiger partial charge in [-0.1, -0.05) is 0 Å². The summed E-state index contributed by atoms with van der Waals surface area (Å²) >= 11 is 0. The smallest absolute Gasteiger partial charge is 0.415 e. The van der Waals surface area contributed by atoms with Crippen molar-refractivity contribution in [2.75, 3.05) is 6.54 Å². The summed E-state index contributed by atoms with van der Waals surface area (Å²) in [6.07, 6.45) is 3.32. The largest absolute Gasteiger partial charge is 0.465 e. The van der Waals surface area contributed by atoms with E-state index in [1.54, 1.807) is 6.08 Å². The van der Waals surface area contributed by atoms with Crippen LogP contribution in [0.25, 0.3) is 0 Å². The van der Waals surface area contributed by atoms with Crippen LogP contribution in [-0.2, 0) is 0 Å². The number of allylic oxidation sites excluding steroid dienone is 1. The van der Waals surface area contributed by atoms with Crippen LogP contribution < -0.4 is 0 Å². The Labute approximate surface area is 106 Å². The van der Waals surface area contributed by atoms with Crippen molar-refractivity contribution in [2.45, 2.75) is 0 Å². The fraction of sp³-hybridized carbons (Fsp3) is 0.0909. The molecule has 0 aliphatic carbocycles. The number of hydrogen-bond acceptors (Lipinski definition) is 4. The van der Waals surface area contributed by atoms with E-state index in [0.717, 1.165) is 9.80 Å². The van der Waals surface area contributed by atoms with Gasteiger partial charge in [-0.3, -0.25) is 9.80 Å². The molecule has 3 aliphatic heterocycles. The molecule has 0 fully saturated rings. The lowest BCUT2D eigenvalue weighted by Crippen LogP contribution is -2.34. The molecule has 8 heteroatoms. The number of carboxylic acid groups (broad SMARTS) is 2. The van der Waals surface area contributed by atoms with Gasteiger partial charge < -0.3 is 10.2 Å². The molecule has 0 saturated carbocycles. The minimum absolute atomic E-state index is 0.111. The summed E-state index contributed by atoms with van der Waals surface area (Å²) in [7, 11) is 0. The first-order chi connectivity index (χ1) is 9.08. The Morgan fingerprint density at radius 1 is 1.21 bits per heavy atom. The highest BCUT2D eigenvalue weighted by atomic mass is 16.4. The van der Waals surface area contributed by atoms with Crippen molar-refractivity contribution in [3.8, 4) is 0 Å². The van der Waals surface area contributed by atoms with E-state index in [2.05, 4.69) is 10.2 Å². The van der Waals surface area contributed by atoms with E-state index >= 15 is 0 Å². The topological polar surface area (TPSA) is 106 Å². The van der Waals surface area contributed by atoms with Gasteiger partial charge in [-0.05, 0) is 12.2 Å². The third-order valence-electron chi connectivity index (χ3n) is 2.90. The van der Waals surface area contributed by atoms with E-state index in [9.17, 15) is 14.7 Å². The predicted molar refractivity (Wildman–Crippen MR) is 61.8 cm³/mol. The van der Waals surface area contributed by atoms with E-state index in [-0.39, 0.29) is 12.2 Å². The van der Waals surface area contributed by atoms with Crippen molar-refractivity contribution in [3.05, 3.63) is 47.2 Å². The van der Waals surface area contributed by atoms with E-state index in [1.807, 2.05) is 0 Å². The summed E-state index contributed by atoms with van der Waals surface area (Å²) in [5.41, 5.74) is 1.81. The maximum atomic E-state index is 11.2. The molecule has 0 unspecified atom stereocenters. The molecule has 3 aliphatic rings. The van der Waals surface area contributed by atoms with Crippen molar-refractivity contribution in [1.82, 2.24) is 9.80 Å². The van der Waals surface area contributed by atoms with Crippen molar-refractivity contribution in [2.24, 2.45) is 10.2 Å². The van der Waals surface area contributed by atoms with Gasteiger partial charge in [0.05, 0.1) is 22.7 Å². The predicted octanol–water partition coefficient (Wildman–Crippen LogP) is 1.93. The van der Waals surface area contributed by atoms with E-state index in [0.29, 0.717) is 17.0 Å². The van der Waals surface area contributed by atoms with Crippen LogP contribution in [0.2, 0.25) is 0 Å². The highest BCUT2D eigenvalue weighted by molar-refractivity contribution is 5.75. The van der Waals surface area contributed by atoms with Crippen molar-refractivity contribution in [1.29, 1.82) is 0 Å². The molecule has 8 nitrogen and oxygen atoms in total. The molecule has 96 valence electrons. The molecule has 3 rings (SSSR count). The second-order valence-corrected chi connectivity index (χ2v) is 3.96. The summed E-state index contributed by atoms with van der Waals surface area (Å²) in [6.45, 7) is 0.111. The van der Waals surface area contributed by atoms with Crippen LogP contribution in [0.15, 0.2) is 57.4 Å². The summed E-state index contributed by atoms with van der Waals surface area (Å²) < 4.78 is 0. The van der Waals surface area contributed by atoms with Gasteiger partial charge >= 0.3 is 12.2 Å². The number of azo groups is 1. The first-order valence-corrected chi connectivity index (χ1v) is 5.36. The van der Waals surface area contributed by atoms with Crippen molar-refractivity contribution in [3.63, 3.8) is 0 Å². The van der Waals surface area contributed by atoms with Crippen molar-refractivity contribution >= 4 is 12.2 Å². The van der Waals surface area contributed by atoms with Gasteiger partial charge in [0.15, 0.2) is 0 Å². The average molecular weight is 260 g/mol. The molecule has 0 radical (unpaired) electrons. The lowest BCUT2D eigenvalue weighted by molar-refractivity contribution is 0.159. The number of rotatable bonds is 0. The van der Waals surface area contributed by atoms with Gasteiger partial charge in [-0.2, -0.15) is 5.11 Å². The highest BCUT2D eigenvalue weighted by Gasteiger charge is 2.33. The number of carbonyl (C=O) groups is 2. The first kappa shape index (κ1) is 11.2. The molecule has 0 spiro atoms. The highest BCUT2D eigenvalue weighted by Crippen LogP contribution is 2.38. The second-order valence-electron chi connectivity index (χ2n) is 3.96. The third kappa shape index (κ3) is 1.61. The minimum Gasteiger partial charge on any atom is -0.465 e. The van der Waals surface area contributed by atoms with Crippen LogP contribution in [0.5, 0.6) is 0 Å². The molecular formula is C11H8N4O4. The SMILES string of the molecule is O=C(O)N1C=CC2=C3C(=CCN(C(=O)O)C3=C1)N=N2. The molecule has 0 aromatic heterocycles. The molecule has 0 aromatic carbocycles. The van der Waals surface area contributed by atoms with Crippen molar-refractivity contribution < 1.29 is 19.8 Å². The molecule has 0 saturated heterocycles. The van der Waals surface area contributed by atoms with Gasteiger partial charge in [0.25, 0.3) is 0 Å². The first-order valence-electron chi connectivity index (χ1n) is 5.36. The van der Waals surface area contributed by atoms with E-state index in [1.165, 1.54) is 18.5 Å². The standard InChI is InChI=1S/C11H8N4O4/c16-10(17)14-3-1-6-9-7(13-12-6)2-4-15(11(18)19)8(9)5-14/h1-3,5H,4H2,(H,16,17)(H,18,19). The van der Waals surface area contributed by atoms with Gasteiger partial charge in [-0.15, -0.1) is 5.11 Å². The number of hydrogen-bond donors (Lipinski definition) is 2. The molecule has 3 heterocycles. The van der Waals surface area contributed by atoms with Gasteiger partial charge in [0.1, 0.15) is 0 Å². The fourth-order valence-electron chi connectivity index (χ4n) is 2.03. The fourth-order valence-corrected chi connectivity index (χ4v) is 2.03. The molecule has 0 atom stereocenters. The second kappa shape index (κ2) is 3.80. The Kier molecular flexibility index (Phi) is 2.24.